The van der Waals surface area contributed by atoms with Crippen molar-refractivity contribution in [2.45, 2.75) is 57.8 Å². The second kappa shape index (κ2) is 7.90. The van der Waals surface area contributed by atoms with Gasteiger partial charge in [0.2, 0.25) is 0 Å². The van der Waals surface area contributed by atoms with E-state index >= 15 is 0 Å². The molecule has 1 saturated heterocycles. The normalized spacial score (nSPS) is 20.4. The van der Waals surface area contributed by atoms with Gasteiger partial charge in [-0.2, -0.15) is 18.3 Å². The Kier molecular flexibility index (Phi) is 5.74. The topological polar surface area (TPSA) is 71.8 Å². The number of aromatic nitrogens is 3. The molecular weight excluding hydrogens is 371 g/mol. The number of carbonyl (C=O) groups excluding carboxylic acids is 1. The quantitative estimate of drug-likeness (QED) is 0.834. The molecule has 0 aromatic carbocycles. The second-order valence-corrected chi connectivity index (χ2v) is 7.46. The highest BCUT2D eigenvalue weighted by Gasteiger charge is 2.31. The van der Waals surface area contributed by atoms with Crippen LogP contribution < -0.4 is 10.6 Å². The van der Waals surface area contributed by atoms with Gasteiger partial charge in [0.1, 0.15) is 0 Å². The van der Waals surface area contributed by atoms with E-state index < -0.39 is 11.7 Å². The van der Waals surface area contributed by atoms with E-state index in [1.807, 2.05) is 13.8 Å². The fraction of sp³-hybridized carbons (Fsp3) is 0.526. The molecular formula is C19H24F3N5O. The highest BCUT2D eigenvalue weighted by molar-refractivity contribution is 5.95. The van der Waals surface area contributed by atoms with Gasteiger partial charge in [-0.15, -0.1) is 0 Å². The Labute approximate surface area is 161 Å². The van der Waals surface area contributed by atoms with Crippen LogP contribution in [0.5, 0.6) is 0 Å². The van der Waals surface area contributed by atoms with Crippen molar-refractivity contribution in [2.24, 2.45) is 0 Å². The molecule has 6 nitrogen and oxygen atoms in total. The van der Waals surface area contributed by atoms with E-state index in [2.05, 4.69) is 27.6 Å². The number of hydrogen-bond acceptors (Lipinski definition) is 4. The van der Waals surface area contributed by atoms with E-state index in [1.165, 1.54) is 16.9 Å². The van der Waals surface area contributed by atoms with Crippen LogP contribution >= 0.6 is 0 Å². The number of nitrogens with one attached hydrogen (secondary N) is 2. The molecule has 0 aliphatic carbocycles. The Balaban J connectivity index is 1.86. The maximum Gasteiger partial charge on any atom is 0.417 e. The summed E-state index contributed by atoms with van der Waals surface area (Å²) in [4.78, 5) is 16.7. The fourth-order valence-electron chi connectivity index (χ4n) is 3.48. The summed E-state index contributed by atoms with van der Waals surface area (Å²) in [7, 11) is 0. The van der Waals surface area contributed by atoms with Gasteiger partial charge >= 0.3 is 6.18 Å². The molecule has 1 fully saturated rings. The summed E-state index contributed by atoms with van der Waals surface area (Å²) in [6.45, 7) is 6.73. The van der Waals surface area contributed by atoms with E-state index in [-0.39, 0.29) is 23.7 Å². The van der Waals surface area contributed by atoms with Crippen LogP contribution in [0.15, 0.2) is 24.5 Å². The third-order valence-corrected chi connectivity index (χ3v) is 4.85. The van der Waals surface area contributed by atoms with Crippen LogP contribution in [0.1, 0.15) is 61.1 Å². The van der Waals surface area contributed by atoms with Gasteiger partial charge < -0.3 is 10.6 Å². The van der Waals surface area contributed by atoms with Gasteiger partial charge in [0.15, 0.2) is 5.82 Å². The molecule has 0 radical (unpaired) electrons. The number of hydrogen-bond donors (Lipinski definition) is 2. The van der Waals surface area contributed by atoms with Crippen LogP contribution in [-0.2, 0) is 6.18 Å². The molecule has 2 N–H and O–H groups in total. The van der Waals surface area contributed by atoms with Gasteiger partial charge in [-0.05, 0) is 44.4 Å². The molecule has 2 aromatic rings. The Morgan fingerprint density at radius 2 is 2.07 bits per heavy atom. The number of piperidine rings is 1. The smallest absolute Gasteiger partial charge is 0.349 e. The Morgan fingerprint density at radius 3 is 2.64 bits per heavy atom. The van der Waals surface area contributed by atoms with Crippen LogP contribution in [0.3, 0.4) is 0 Å². The number of amides is 1. The second-order valence-electron chi connectivity index (χ2n) is 7.46. The summed E-state index contributed by atoms with van der Waals surface area (Å²) in [6, 6.07) is 2.64. The number of halogens is 3. The number of rotatable bonds is 4. The lowest BCUT2D eigenvalue weighted by Gasteiger charge is -2.28. The van der Waals surface area contributed by atoms with Crippen molar-refractivity contribution < 1.29 is 18.0 Å². The molecule has 2 aromatic heterocycles. The molecule has 1 aliphatic heterocycles. The maximum absolute atomic E-state index is 12.8. The van der Waals surface area contributed by atoms with Crippen LogP contribution in [0.2, 0.25) is 0 Å². The predicted octanol–water partition coefficient (Wildman–Crippen LogP) is 3.28. The van der Waals surface area contributed by atoms with Crippen molar-refractivity contribution in [3.63, 3.8) is 0 Å². The van der Waals surface area contributed by atoms with Crippen molar-refractivity contribution in [2.75, 3.05) is 6.54 Å². The molecule has 28 heavy (non-hydrogen) atoms. The van der Waals surface area contributed by atoms with E-state index in [4.69, 9.17) is 0 Å². The minimum atomic E-state index is -4.45. The first kappa shape index (κ1) is 20.3. The minimum absolute atomic E-state index is 0.0701. The van der Waals surface area contributed by atoms with Crippen LogP contribution in [0.4, 0.5) is 13.2 Å². The van der Waals surface area contributed by atoms with Crippen molar-refractivity contribution >= 4 is 5.91 Å². The summed E-state index contributed by atoms with van der Waals surface area (Å²) in [6.07, 6.45) is -0.529. The third-order valence-electron chi connectivity index (χ3n) is 4.85. The molecule has 152 valence electrons. The first-order valence-electron chi connectivity index (χ1n) is 9.32. The van der Waals surface area contributed by atoms with E-state index in [1.54, 1.807) is 0 Å². The van der Waals surface area contributed by atoms with Crippen molar-refractivity contribution in [1.82, 2.24) is 25.4 Å². The Morgan fingerprint density at radius 1 is 1.32 bits per heavy atom. The highest BCUT2D eigenvalue weighted by Crippen LogP contribution is 2.29. The zero-order valence-electron chi connectivity index (χ0n) is 16.0. The Bertz CT molecular complexity index is 829. The van der Waals surface area contributed by atoms with Gasteiger partial charge in [-0.3, -0.25) is 4.79 Å². The molecule has 1 amide bonds. The first-order valence-corrected chi connectivity index (χ1v) is 9.32. The lowest BCUT2D eigenvalue weighted by Crippen LogP contribution is -2.46. The van der Waals surface area contributed by atoms with Crippen LogP contribution in [0.25, 0.3) is 5.82 Å². The summed E-state index contributed by atoms with van der Waals surface area (Å²) < 4.78 is 39.7. The van der Waals surface area contributed by atoms with Crippen LogP contribution in [0, 0.1) is 0 Å². The Hall–Kier alpha value is -2.42. The van der Waals surface area contributed by atoms with Gasteiger partial charge in [0.05, 0.1) is 23.0 Å². The fourth-order valence-corrected chi connectivity index (χ4v) is 3.48. The van der Waals surface area contributed by atoms with Gasteiger partial charge in [-0.25, -0.2) is 9.67 Å². The molecule has 3 rings (SSSR count). The average molecular weight is 395 g/mol. The average Bonchev–Trinajstić information content (AvgIpc) is 3.06. The third kappa shape index (κ3) is 4.35. The molecule has 2 unspecified atom stereocenters. The highest BCUT2D eigenvalue weighted by atomic mass is 19.4. The molecule has 0 saturated carbocycles. The van der Waals surface area contributed by atoms with E-state index in [0.717, 1.165) is 31.6 Å². The zero-order valence-corrected chi connectivity index (χ0v) is 16.0. The summed E-state index contributed by atoms with van der Waals surface area (Å²) in [5.41, 5.74) is 0.210. The summed E-state index contributed by atoms with van der Waals surface area (Å²) >= 11 is 0. The van der Waals surface area contributed by atoms with Crippen molar-refractivity contribution in [3.8, 4) is 5.82 Å². The van der Waals surface area contributed by atoms with Crippen LogP contribution in [-0.4, -0.2) is 39.3 Å². The van der Waals surface area contributed by atoms with Gasteiger partial charge in [0, 0.05) is 18.3 Å². The number of alkyl halides is 3. The minimum Gasteiger partial charge on any atom is -0.349 e. The molecule has 2 atom stereocenters. The van der Waals surface area contributed by atoms with Gasteiger partial charge in [-0.1, -0.05) is 13.8 Å². The summed E-state index contributed by atoms with van der Waals surface area (Å²) in [5, 5.41) is 10.6. The number of nitrogens with zero attached hydrogens (tertiary/aromatic N) is 3. The zero-order chi connectivity index (χ0) is 20.5. The predicted molar refractivity (Wildman–Crippen MR) is 98.4 cm³/mol. The van der Waals surface area contributed by atoms with E-state index in [9.17, 15) is 18.0 Å². The lowest BCUT2D eigenvalue weighted by atomic mass is 9.99. The lowest BCUT2D eigenvalue weighted by molar-refractivity contribution is -0.137. The monoisotopic (exact) mass is 395 g/mol. The standard InChI is InChI=1S/C19H24F3N5O/c1-11(2)17-15(18(28)26-14-6-7-23-12(3)8-14)10-25-27(17)16-5-4-13(9-24-16)19(20,21)22/h4-5,9-12,14,23H,6-8H2,1-3H3,(H,26,28). The van der Waals surface area contributed by atoms with Crippen molar-refractivity contribution in [3.05, 3.63) is 41.3 Å². The number of pyridine rings is 1. The van der Waals surface area contributed by atoms with Crippen molar-refractivity contribution in [1.29, 1.82) is 0 Å². The maximum atomic E-state index is 12.8. The first-order chi connectivity index (χ1) is 13.2. The SMILES string of the molecule is CC1CC(NC(=O)c2cnn(-c3ccc(C(F)(F)F)cn3)c2C(C)C)CCN1. The van der Waals surface area contributed by atoms with E-state index in [0.29, 0.717) is 17.3 Å². The molecule has 0 bridgehead atoms. The van der Waals surface area contributed by atoms with Gasteiger partial charge in [0.25, 0.3) is 5.91 Å². The molecule has 0 spiro atoms. The summed E-state index contributed by atoms with van der Waals surface area (Å²) in [5.74, 6) is -0.0495. The number of carbonyl (C=O) groups is 1. The molecule has 3 heterocycles. The molecule has 1 aliphatic rings. The molecule has 9 heteroatoms. The largest absolute Gasteiger partial charge is 0.417 e.